The second-order valence-corrected chi connectivity index (χ2v) is 7.99. The van der Waals surface area contributed by atoms with Crippen molar-refractivity contribution in [3.63, 3.8) is 0 Å². The highest BCUT2D eigenvalue weighted by Crippen LogP contribution is 2.34. The second kappa shape index (κ2) is 5.91. The molecule has 1 aromatic heterocycles. The average molecular weight is 359 g/mol. The van der Waals surface area contributed by atoms with Gasteiger partial charge in [0.25, 0.3) is 5.91 Å². The van der Waals surface area contributed by atoms with E-state index in [2.05, 4.69) is 9.71 Å². The largest absolute Gasteiger partial charge is 0.593 e. The van der Waals surface area contributed by atoms with Crippen LogP contribution in [0, 0.1) is 0 Å². The van der Waals surface area contributed by atoms with Crippen LogP contribution < -0.4 is 9.46 Å². The molecule has 8 heteroatoms. The van der Waals surface area contributed by atoms with Crippen molar-refractivity contribution in [1.82, 2.24) is 14.6 Å². The monoisotopic (exact) mass is 359 g/mol. The van der Waals surface area contributed by atoms with Crippen LogP contribution in [-0.4, -0.2) is 45.6 Å². The second-order valence-electron chi connectivity index (χ2n) is 6.34. The minimum absolute atomic E-state index is 0.0275. The van der Waals surface area contributed by atoms with E-state index in [0.29, 0.717) is 18.5 Å². The molecule has 0 radical (unpaired) electrons. The first-order valence-corrected chi connectivity index (χ1v) is 9.43. The summed E-state index contributed by atoms with van der Waals surface area (Å²) >= 11 is 0. The van der Waals surface area contributed by atoms with Gasteiger partial charge in [0, 0.05) is 30.9 Å². The number of aromatic nitrogens is 1. The van der Waals surface area contributed by atoms with Crippen LogP contribution in [0.4, 0.5) is 0 Å². The maximum Gasteiger partial charge on any atom is 0.253 e. The molecular weight excluding hydrogens is 342 g/mol. The van der Waals surface area contributed by atoms with Crippen molar-refractivity contribution < 1.29 is 18.3 Å². The molecule has 1 N–H and O–H groups in total. The number of hydrogen-bond donors (Lipinski definition) is 1. The molecule has 25 heavy (non-hydrogen) atoms. The highest BCUT2D eigenvalue weighted by atomic mass is 32.3. The normalized spacial score (nSPS) is 28.3. The first-order chi connectivity index (χ1) is 12.0. The minimum Gasteiger partial charge on any atom is -0.593 e. The number of amides is 1. The number of likely N-dealkylation sites (tertiary alicyclic amines) is 1. The molecular formula is C17H17N3O4S. The smallest absolute Gasteiger partial charge is 0.253 e. The Hall–Kier alpha value is -2.29. The van der Waals surface area contributed by atoms with Gasteiger partial charge in [-0.3, -0.25) is 9.78 Å². The molecule has 4 rings (SSSR count). The number of nitrogens with one attached hydrogen (secondary N) is 1. The van der Waals surface area contributed by atoms with Crippen molar-refractivity contribution in [3.05, 3.63) is 54.4 Å². The summed E-state index contributed by atoms with van der Waals surface area (Å²) < 4.78 is 33.8. The van der Waals surface area contributed by atoms with E-state index in [1.165, 1.54) is 18.5 Å². The van der Waals surface area contributed by atoms with Gasteiger partial charge in [0.05, 0.1) is 6.20 Å². The number of fused-ring (bicyclic) bond motifs is 1. The van der Waals surface area contributed by atoms with Crippen molar-refractivity contribution in [3.8, 4) is 5.75 Å². The van der Waals surface area contributed by atoms with Gasteiger partial charge in [-0.15, -0.1) is 4.72 Å². The van der Waals surface area contributed by atoms with Gasteiger partial charge >= 0.3 is 0 Å². The molecule has 2 atom stereocenters. The predicted octanol–water partition coefficient (Wildman–Crippen LogP) is 1.25. The fourth-order valence-electron chi connectivity index (χ4n) is 3.28. The first kappa shape index (κ1) is 16.2. The van der Waals surface area contributed by atoms with Crippen molar-refractivity contribution in [2.45, 2.75) is 16.9 Å². The highest BCUT2D eigenvalue weighted by Gasteiger charge is 2.49. The molecule has 7 nitrogen and oxygen atoms in total. The Labute approximate surface area is 146 Å². The molecule has 1 spiro atoms. The Morgan fingerprint density at radius 2 is 2.12 bits per heavy atom. The molecule has 0 aliphatic carbocycles. The van der Waals surface area contributed by atoms with Gasteiger partial charge in [-0.05, 0) is 18.6 Å². The van der Waals surface area contributed by atoms with Crippen LogP contribution in [0.25, 0.3) is 0 Å². The van der Waals surface area contributed by atoms with Crippen LogP contribution in [0.15, 0.2) is 53.7 Å². The zero-order valence-electron chi connectivity index (χ0n) is 13.4. The van der Waals surface area contributed by atoms with Crippen molar-refractivity contribution in [1.29, 1.82) is 0 Å². The summed E-state index contributed by atoms with van der Waals surface area (Å²) in [7, 11) is -3.76. The van der Waals surface area contributed by atoms with Crippen LogP contribution >= 0.6 is 0 Å². The summed E-state index contributed by atoms with van der Waals surface area (Å²) in [6, 6.07) is 10.5. The minimum atomic E-state index is -3.76. The lowest BCUT2D eigenvalue weighted by Gasteiger charge is -2.28. The molecule has 2 unspecified atom stereocenters. The van der Waals surface area contributed by atoms with E-state index < -0.39 is 15.9 Å². The Kier molecular flexibility index (Phi) is 3.82. The summed E-state index contributed by atoms with van der Waals surface area (Å²) in [5, 5.41) is 0. The quantitative estimate of drug-likeness (QED) is 0.774. The molecule has 1 saturated heterocycles. The molecule has 1 amide bonds. The first-order valence-electron chi connectivity index (χ1n) is 7.94. The summed E-state index contributed by atoms with van der Waals surface area (Å²) in [5.41, 5.74) is -0.244. The van der Waals surface area contributed by atoms with Crippen molar-refractivity contribution in [2.75, 3.05) is 19.7 Å². The molecule has 130 valence electrons. The number of nitrogens with zero attached hydrogens (tertiary/aromatic N) is 2. The number of carbonyl (C=O) groups excluding carboxylic acids is 1. The molecule has 0 saturated carbocycles. The number of hydrogen-bond acceptors (Lipinski definition) is 5. The van der Waals surface area contributed by atoms with Crippen molar-refractivity contribution in [2.24, 2.45) is 0 Å². The number of ether oxygens (including phenoxy) is 1. The van der Waals surface area contributed by atoms with Crippen LogP contribution in [0.1, 0.15) is 16.8 Å². The summed E-state index contributed by atoms with van der Waals surface area (Å²) in [6.07, 6.45) is 3.26. The topological polar surface area (TPSA) is 94.6 Å². The lowest BCUT2D eigenvalue weighted by atomic mass is 10.0. The predicted molar refractivity (Wildman–Crippen MR) is 89.7 cm³/mol. The molecule has 2 aliphatic heterocycles. The zero-order chi connectivity index (χ0) is 17.5. The molecule has 2 aliphatic rings. The maximum absolute atomic E-state index is 12.7. The van der Waals surface area contributed by atoms with E-state index in [9.17, 15) is 13.6 Å². The zero-order valence-corrected chi connectivity index (χ0v) is 14.2. The van der Waals surface area contributed by atoms with E-state index in [1.807, 2.05) is 6.07 Å². The van der Waals surface area contributed by atoms with Gasteiger partial charge in [-0.25, -0.2) is 0 Å². The fourth-order valence-corrected chi connectivity index (χ4v) is 4.78. The third-order valence-corrected chi connectivity index (χ3v) is 6.14. The lowest BCUT2D eigenvalue weighted by Crippen LogP contribution is -2.55. The Balaban J connectivity index is 1.59. The third-order valence-electron chi connectivity index (χ3n) is 4.55. The third kappa shape index (κ3) is 2.92. The SMILES string of the molecule is O=C(c1ccccc1)N1CCC2(COc3ccncc3[S+](=O)([O-])N2)C1. The molecule has 0 bridgehead atoms. The van der Waals surface area contributed by atoms with Crippen LogP contribution in [0.3, 0.4) is 0 Å². The number of sulfonamides is 1. The molecule has 3 heterocycles. The molecule has 2 aromatic rings. The van der Waals surface area contributed by atoms with Crippen LogP contribution in [0.2, 0.25) is 0 Å². The average Bonchev–Trinajstić information content (AvgIpc) is 2.99. The number of pyridine rings is 1. The summed E-state index contributed by atoms with van der Waals surface area (Å²) in [5.74, 6) is 0.173. The fraction of sp³-hybridized carbons (Fsp3) is 0.294. The van der Waals surface area contributed by atoms with Gasteiger partial charge in [0.1, 0.15) is 12.1 Å². The van der Waals surface area contributed by atoms with E-state index in [0.717, 1.165) is 0 Å². The van der Waals surface area contributed by atoms with Gasteiger partial charge in [0.15, 0.2) is 16.1 Å². The summed E-state index contributed by atoms with van der Waals surface area (Å²) in [4.78, 5) is 18.2. The maximum atomic E-state index is 12.7. The van der Waals surface area contributed by atoms with E-state index in [4.69, 9.17) is 4.74 Å². The van der Waals surface area contributed by atoms with Crippen LogP contribution in [0.5, 0.6) is 5.75 Å². The van der Waals surface area contributed by atoms with E-state index >= 15 is 0 Å². The Morgan fingerprint density at radius 1 is 1.32 bits per heavy atom. The van der Waals surface area contributed by atoms with Crippen molar-refractivity contribution >= 4 is 16.3 Å². The van der Waals surface area contributed by atoms with Gasteiger partial charge in [0.2, 0.25) is 4.90 Å². The Bertz CT molecular complexity index is 860. The van der Waals surface area contributed by atoms with E-state index in [1.54, 1.807) is 29.2 Å². The number of carbonyl (C=O) groups is 1. The summed E-state index contributed by atoms with van der Waals surface area (Å²) in [6.45, 7) is 0.900. The van der Waals surface area contributed by atoms with E-state index in [-0.39, 0.29) is 29.7 Å². The van der Waals surface area contributed by atoms with Gasteiger partial charge in [-0.2, -0.15) is 0 Å². The molecule has 1 fully saturated rings. The molecule has 1 aromatic carbocycles. The lowest BCUT2D eigenvalue weighted by molar-refractivity contribution is 0.0774. The highest BCUT2D eigenvalue weighted by molar-refractivity contribution is 7.96. The number of rotatable bonds is 1. The van der Waals surface area contributed by atoms with Crippen LogP contribution in [-0.2, 0) is 14.6 Å². The standard InChI is InChI=1S/C17H17N3O4S/c21-16(13-4-2-1-3-5-13)20-9-7-17(11-20)12-24-14-6-8-18-10-15(14)25(22,23)19-17/h1-6,8,10H,7,9,11-12H2,(H-,19,22,23). The van der Waals surface area contributed by atoms with Gasteiger partial charge in [-0.1, -0.05) is 22.4 Å². The van der Waals surface area contributed by atoms with Gasteiger partial charge < -0.3 is 14.2 Å². The Morgan fingerprint density at radius 3 is 2.92 bits per heavy atom. The number of benzene rings is 1.